The van der Waals surface area contributed by atoms with E-state index >= 15 is 0 Å². The molecule has 1 heterocycles. The minimum Gasteiger partial charge on any atom is -0.493 e. The van der Waals surface area contributed by atoms with Gasteiger partial charge in [-0.1, -0.05) is 34.5 Å². The van der Waals surface area contributed by atoms with Crippen molar-refractivity contribution in [2.75, 3.05) is 7.11 Å². The van der Waals surface area contributed by atoms with E-state index in [4.69, 9.17) is 21.1 Å². The molecular weight excluding hydrogens is 502 g/mol. The van der Waals surface area contributed by atoms with Crippen LogP contribution in [0.5, 0.6) is 11.5 Å². The topological polar surface area (TPSA) is 103 Å². The molecular formula is C22H21BrClN3O5. The number of fused-ring (bicyclic) bond motifs is 1. The summed E-state index contributed by atoms with van der Waals surface area (Å²) in [5.41, 5.74) is 0.606. The molecule has 1 N–H and O–H groups in total. The van der Waals surface area contributed by atoms with Crippen molar-refractivity contribution >= 4 is 50.6 Å². The lowest BCUT2D eigenvalue weighted by Gasteiger charge is -2.16. The molecule has 1 aromatic heterocycles. The third-order valence-corrected chi connectivity index (χ3v) is 5.28. The fraction of sp³-hybridized carbons (Fsp3) is 0.273. The quantitative estimate of drug-likeness (QED) is 0.437. The number of carboxylic acids is 1. The zero-order valence-electron chi connectivity index (χ0n) is 17.6. The highest BCUT2D eigenvalue weighted by Crippen LogP contribution is 2.34. The number of hydrogen-bond acceptors (Lipinski definition) is 6. The molecule has 0 aliphatic heterocycles. The summed E-state index contributed by atoms with van der Waals surface area (Å²) in [4.78, 5) is 29.1. The molecule has 32 heavy (non-hydrogen) atoms. The van der Waals surface area contributed by atoms with E-state index in [1.54, 1.807) is 18.2 Å². The van der Waals surface area contributed by atoms with Crippen LogP contribution in [0, 0.1) is 0 Å². The van der Waals surface area contributed by atoms with E-state index in [9.17, 15) is 14.7 Å². The van der Waals surface area contributed by atoms with Gasteiger partial charge in [-0.2, -0.15) is 9.78 Å². The average molecular weight is 523 g/mol. The average Bonchev–Trinajstić information content (AvgIpc) is 2.75. The molecule has 8 nitrogen and oxygen atoms in total. The number of benzene rings is 2. The number of nitrogens with zero attached hydrogens (tertiary/aromatic N) is 3. The van der Waals surface area contributed by atoms with Gasteiger partial charge in [-0.05, 0) is 37.6 Å². The maximum Gasteiger partial charge on any atom is 0.344 e. The molecule has 0 spiro atoms. The van der Waals surface area contributed by atoms with E-state index < -0.39 is 12.1 Å². The fourth-order valence-corrected chi connectivity index (χ4v) is 3.59. The van der Waals surface area contributed by atoms with E-state index in [1.807, 2.05) is 13.0 Å². The summed E-state index contributed by atoms with van der Waals surface area (Å²) >= 11 is 9.57. The molecule has 0 saturated carbocycles. The Balaban J connectivity index is 2.17. The molecule has 2 aromatic carbocycles. The highest BCUT2D eigenvalue weighted by atomic mass is 79.9. The first-order valence-electron chi connectivity index (χ1n) is 9.77. The van der Waals surface area contributed by atoms with Crippen LogP contribution in [-0.2, 0) is 11.2 Å². The molecule has 0 unspecified atom stereocenters. The van der Waals surface area contributed by atoms with Crippen LogP contribution in [0.2, 0.25) is 5.02 Å². The minimum atomic E-state index is -1.14. The molecule has 1 atom stereocenters. The number of methoxy groups -OCH3 is 1. The van der Waals surface area contributed by atoms with Crippen molar-refractivity contribution in [3.63, 3.8) is 0 Å². The van der Waals surface area contributed by atoms with Gasteiger partial charge in [-0.3, -0.25) is 4.79 Å². The van der Waals surface area contributed by atoms with Crippen molar-refractivity contribution in [1.29, 1.82) is 0 Å². The largest absolute Gasteiger partial charge is 0.493 e. The summed E-state index contributed by atoms with van der Waals surface area (Å²) in [6.07, 6.45) is 1.54. The van der Waals surface area contributed by atoms with Gasteiger partial charge < -0.3 is 14.6 Å². The van der Waals surface area contributed by atoms with Gasteiger partial charge >= 0.3 is 5.97 Å². The van der Waals surface area contributed by atoms with Crippen molar-refractivity contribution in [2.45, 2.75) is 32.8 Å². The number of ether oxygens (including phenoxy) is 2. The van der Waals surface area contributed by atoms with Crippen molar-refractivity contribution < 1.29 is 19.4 Å². The van der Waals surface area contributed by atoms with Crippen molar-refractivity contribution in [1.82, 2.24) is 9.66 Å². The van der Waals surface area contributed by atoms with Crippen LogP contribution in [0.3, 0.4) is 0 Å². The SMILES string of the molecule is CCCc1nc2ccc(Br)cc2c(=O)n1N=Cc1cc(Cl)cc(OC)c1O[C@H](C)C(=O)O. The second-order valence-electron chi connectivity index (χ2n) is 6.93. The second kappa shape index (κ2) is 10.1. The summed E-state index contributed by atoms with van der Waals surface area (Å²) in [6, 6.07) is 8.34. The van der Waals surface area contributed by atoms with Crippen LogP contribution in [0.1, 0.15) is 31.7 Å². The molecule has 168 valence electrons. The number of aromatic nitrogens is 2. The Morgan fingerprint density at radius 1 is 1.38 bits per heavy atom. The molecule has 0 saturated heterocycles. The van der Waals surface area contributed by atoms with E-state index in [0.29, 0.717) is 33.7 Å². The summed E-state index contributed by atoms with van der Waals surface area (Å²) in [7, 11) is 1.42. The van der Waals surface area contributed by atoms with Gasteiger partial charge in [0.15, 0.2) is 17.6 Å². The third-order valence-electron chi connectivity index (χ3n) is 4.57. The van der Waals surface area contributed by atoms with Crippen molar-refractivity contribution in [2.24, 2.45) is 5.10 Å². The first kappa shape index (κ1) is 23.7. The Morgan fingerprint density at radius 3 is 2.78 bits per heavy atom. The summed E-state index contributed by atoms with van der Waals surface area (Å²) in [5.74, 6) is -0.250. The van der Waals surface area contributed by atoms with Crippen LogP contribution >= 0.6 is 27.5 Å². The highest BCUT2D eigenvalue weighted by Gasteiger charge is 2.19. The number of aliphatic carboxylic acids is 1. The molecule has 10 heteroatoms. The van der Waals surface area contributed by atoms with Crippen LogP contribution in [0.15, 0.2) is 44.7 Å². The minimum absolute atomic E-state index is 0.150. The Kier molecular flexibility index (Phi) is 7.52. The first-order chi connectivity index (χ1) is 15.2. The Bertz CT molecular complexity index is 1260. The number of halogens is 2. The number of aryl methyl sites for hydroxylation is 1. The lowest BCUT2D eigenvalue weighted by molar-refractivity contribution is -0.144. The first-order valence-corrected chi connectivity index (χ1v) is 10.9. The van der Waals surface area contributed by atoms with Crippen LogP contribution in [0.25, 0.3) is 10.9 Å². The smallest absolute Gasteiger partial charge is 0.344 e. The molecule has 0 bridgehead atoms. The predicted molar refractivity (Wildman–Crippen MR) is 126 cm³/mol. The van der Waals surface area contributed by atoms with Crippen LogP contribution < -0.4 is 15.0 Å². The van der Waals surface area contributed by atoms with Gasteiger partial charge in [0.2, 0.25) is 0 Å². The van der Waals surface area contributed by atoms with Crippen molar-refractivity contribution in [3.8, 4) is 11.5 Å². The molecule has 0 amide bonds. The Labute approximate surface area is 197 Å². The maximum atomic E-state index is 13.2. The lowest BCUT2D eigenvalue weighted by atomic mass is 10.2. The zero-order chi connectivity index (χ0) is 23.4. The van der Waals surface area contributed by atoms with Gasteiger partial charge in [0, 0.05) is 27.5 Å². The van der Waals surface area contributed by atoms with Gasteiger partial charge in [0.1, 0.15) is 5.82 Å². The molecule has 0 aliphatic rings. The highest BCUT2D eigenvalue weighted by molar-refractivity contribution is 9.10. The number of hydrogen-bond donors (Lipinski definition) is 1. The van der Waals surface area contributed by atoms with Crippen LogP contribution in [-0.4, -0.2) is 40.2 Å². The maximum absolute atomic E-state index is 13.2. The Morgan fingerprint density at radius 2 is 2.12 bits per heavy atom. The lowest BCUT2D eigenvalue weighted by Crippen LogP contribution is -2.24. The second-order valence-corrected chi connectivity index (χ2v) is 8.28. The summed E-state index contributed by atoms with van der Waals surface area (Å²) < 4.78 is 12.9. The predicted octanol–water partition coefficient (Wildman–Crippen LogP) is 4.51. The fourth-order valence-electron chi connectivity index (χ4n) is 3.01. The third kappa shape index (κ3) is 5.11. The number of rotatable bonds is 8. The standard InChI is InChI=1S/C22H21BrClN3O5/c1-4-5-19-26-17-7-6-14(23)9-16(17)21(28)27(19)25-11-13-8-15(24)10-18(31-3)20(13)32-12(2)22(29)30/h6-12H,4-5H2,1-3H3,(H,29,30)/t12-/m1/s1. The van der Waals surface area contributed by atoms with Gasteiger partial charge in [-0.25, -0.2) is 9.78 Å². The van der Waals surface area contributed by atoms with Crippen LogP contribution in [0.4, 0.5) is 0 Å². The van der Waals surface area contributed by atoms with Gasteiger partial charge in [0.05, 0.1) is 24.2 Å². The van der Waals surface area contributed by atoms with Crippen molar-refractivity contribution in [3.05, 3.63) is 61.6 Å². The van der Waals surface area contributed by atoms with Gasteiger partial charge in [-0.15, -0.1) is 0 Å². The molecule has 0 fully saturated rings. The normalized spacial score (nSPS) is 12.3. The Hall–Kier alpha value is -2.91. The van der Waals surface area contributed by atoms with E-state index in [1.165, 1.54) is 31.0 Å². The molecule has 3 aromatic rings. The number of carboxylic acid groups (broad SMARTS) is 1. The van der Waals surface area contributed by atoms with Gasteiger partial charge in [0.25, 0.3) is 5.56 Å². The monoisotopic (exact) mass is 521 g/mol. The summed E-state index contributed by atoms with van der Waals surface area (Å²) in [5, 5.41) is 14.3. The zero-order valence-corrected chi connectivity index (χ0v) is 20.0. The molecule has 3 rings (SSSR count). The molecule has 0 radical (unpaired) electrons. The van der Waals surface area contributed by atoms with E-state index in [0.717, 1.165) is 10.9 Å². The molecule has 0 aliphatic carbocycles. The van der Waals surface area contributed by atoms with E-state index in [-0.39, 0.29) is 17.1 Å². The summed E-state index contributed by atoms with van der Waals surface area (Å²) in [6.45, 7) is 3.37. The van der Waals surface area contributed by atoms with E-state index in [2.05, 4.69) is 26.0 Å². The number of carbonyl (C=O) groups is 1.